The van der Waals surface area contributed by atoms with Crippen LogP contribution in [-0.4, -0.2) is 6.71 Å². The minimum absolute atomic E-state index is 0.0470. The van der Waals surface area contributed by atoms with Gasteiger partial charge in [0.15, 0.2) is 0 Å². The van der Waals surface area contributed by atoms with E-state index < -0.39 is 0 Å². The molecule has 1 unspecified atom stereocenters. The van der Waals surface area contributed by atoms with E-state index in [9.17, 15) is 0 Å². The fraction of sp³-hybridized carbons (Fsp3) is 0.296. The largest absolute Gasteiger partial charge is 0.468 e. The molecule has 0 amide bonds. The summed E-state index contributed by atoms with van der Waals surface area (Å²) in [6.07, 6.45) is 4.43. The summed E-state index contributed by atoms with van der Waals surface area (Å²) in [6.45, 7) is 21.1. The third-order valence-electron chi connectivity index (χ3n) is 14.1. The van der Waals surface area contributed by atoms with Crippen LogP contribution in [0.25, 0.3) is 22.1 Å². The number of fused-ring (bicyclic) bond motifs is 7. The topological polar surface area (TPSA) is 19.6 Å². The van der Waals surface area contributed by atoms with Crippen LogP contribution in [-0.2, 0) is 22.7 Å². The first-order valence-electron chi connectivity index (χ1n) is 21.6. The van der Waals surface area contributed by atoms with Crippen molar-refractivity contribution in [2.24, 2.45) is 0 Å². The Kier molecular flexibility index (Phi) is 8.27. The van der Waals surface area contributed by atoms with E-state index in [1.54, 1.807) is 0 Å². The Balaban J connectivity index is 1.34. The maximum absolute atomic E-state index is 7.29. The predicted octanol–water partition coefficient (Wildman–Crippen LogP) is 13.1. The number of anilines is 6. The van der Waals surface area contributed by atoms with E-state index in [1.165, 1.54) is 96.5 Å². The maximum atomic E-state index is 7.29. The van der Waals surface area contributed by atoms with Crippen LogP contribution in [0.4, 0.5) is 34.1 Å². The lowest BCUT2D eigenvalue weighted by atomic mass is 9.35. The predicted molar refractivity (Wildman–Crippen MR) is 248 cm³/mol. The average molecular weight is 759 g/mol. The van der Waals surface area contributed by atoms with Crippen LogP contribution in [0.3, 0.4) is 0 Å². The van der Waals surface area contributed by atoms with Gasteiger partial charge in [0.2, 0.25) is 0 Å². The first-order valence-corrected chi connectivity index (χ1v) is 21.6. The zero-order valence-electron chi connectivity index (χ0n) is 35.8. The Bertz CT molecular complexity index is 2750. The van der Waals surface area contributed by atoms with E-state index in [-0.39, 0.29) is 23.0 Å². The van der Waals surface area contributed by atoms with Gasteiger partial charge in [-0.15, -0.1) is 0 Å². The first kappa shape index (κ1) is 36.8. The van der Waals surface area contributed by atoms with Crippen molar-refractivity contribution in [1.29, 1.82) is 0 Å². The number of rotatable bonds is 5. The SMILES string of the molecule is CCc1ccc2oc3c(c2c1)N(c1ccc(C(C)(C)C)cc1)c1cc(C)cc2c1B3c1cc3c(cc1N2c1ccccc1-c1ccccc1)C(C)(C)CCC3(C)CC. The monoisotopic (exact) mass is 758 g/mol. The number of hydrogen-bond acceptors (Lipinski definition) is 3. The molecule has 290 valence electrons. The summed E-state index contributed by atoms with van der Waals surface area (Å²) in [5.74, 6) is 0. The molecule has 1 atom stereocenters. The molecule has 3 heterocycles. The zero-order chi connectivity index (χ0) is 40.3. The summed E-state index contributed by atoms with van der Waals surface area (Å²) in [5, 5.41) is 1.18. The van der Waals surface area contributed by atoms with Crippen molar-refractivity contribution in [2.75, 3.05) is 9.80 Å². The quantitative estimate of drug-likeness (QED) is 0.163. The number of furan rings is 1. The molecule has 3 nitrogen and oxygen atoms in total. The van der Waals surface area contributed by atoms with Gasteiger partial charge in [-0.05, 0) is 142 Å². The van der Waals surface area contributed by atoms with Gasteiger partial charge >= 0.3 is 0 Å². The molecule has 58 heavy (non-hydrogen) atoms. The maximum Gasteiger partial charge on any atom is 0.297 e. The second kappa shape index (κ2) is 13.0. The molecule has 6 aromatic carbocycles. The van der Waals surface area contributed by atoms with Crippen LogP contribution in [0, 0.1) is 6.92 Å². The number of hydrogen-bond donors (Lipinski definition) is 0. The van der Waals surface area contributed by atoms with Gasteiger partial charge in [0, 0.05) is 33.7 Å². The van der Waals surface area contributed by atoms with E-state index in [0.717, 1.165) is 29.8 Å². The van der Waals surface area contributed by atoms with Gasteiger partial charge < -0.3 is 14.2 Å². The molecule has 0 spiro atoms. The molecule has 1 aliphatic carbocycles. The van der Waals surface area contributed by atoms with E-state index in [0.29, 0.717) is 0 Å². The van der Waals surface area contributed by atoms with Gasteiger partial charge in [-0.1, -0.05) is 128 Å². The summed E-state index contributed by atoms with van der Waals surface area (Å²) >= 11 is 0. The Hall–Kier alpha value is -5.48. The van der Waals surface area contributed by atoms with Crippen LogP contribution in [0.5, 0.6) is 0 Å². The highest BCUT2D eigenvalue weighted by molar-refractivity contribution is 7.00. The van der Waals surface area contributed by atoms with Gasteiger partial charge in [-0.25, -0.2) is 0 Å². The molecular formula is C54H55BN2O. The van der Waals surface area contributed by atoms with Crippen molar-refractivity contribution in [2.45, 2.75) is 104 Å². The fourth-order valence-corrected chi connectivity index (χ4v) is 10.4. The van der Waals surface area contributed by atoms with Gasteiger partial charge in [0.1, 0.15) is 5.58 Å². The molecule has 0 saturated carbocycles. The summed E-state index contributed by atoms with van der Waals surface area (Å²) in [5.41, 5.74) is 21.3. The normalized spacial score (nSPS) is 17.8. The molecule has 3 aliphatic rings. The summed E-state index contributed by atoms with van der Waals surface area (Å²) in [6, 6.07) is 46.1. The fourth-order valence-electron chi connectivity index (χ4n) is 10.4. The lowest BCUT2D eigenvalue weighted by molar-refractivity contribution is 0.305. The molecule has 4 heteroatoms. The van der Waals surface area contributed by atoms with Crippen molar-refractivity contribution in [3.05, 3.63) is 149 Å². The molecule has 0 radical (unpaired) electrons. The van der Waals surface area contributed by atoms with Crippen LogP contribution >= 0.6 is 0 Å². The molecular weight excluding hydrogens is 703 g/mol. The van der Waals surface area contributed by atoms with E-state index in [1.807, 2.05) is 0 Å². The molecule has 10 rings (SSSR count). The lowest BCUT2D eigenvalue weighted by Crippen LogP contribution is -2.61. The zero-order valence-corrected chi connectivity index (χ0v) is 35.8. The van der Waals surface area contributed by atoms with Crippen LogP contribution < -0.4 is 26.4 Å². The average Bonchev–Trinajstić information content (AvgIpc) is 3.60. The number of nitrogens with zero attached hydrogens (tertiary/aromatic N) is 2. The number of aryl methyl sites for hydroxylation is 2. The molecule has 7 aromatic rings. The van der Waals surface area contributed by atoms with Crippen molar-refractivity contribution in [3.8, 4) is 11.1 Å². The van der Waals surface area contributed by atoms with Crippen LogP contribution in [0.2, 0.25) is 0 Å². The molecule has 2 aliphatic heterocycles. The molecule has 0 bridgehead atoms. The van der Waals surface area contributed by atoms with Crippen molar-refractivity contribution in [1.82, 2.24) is 0 Å². The summed E-state index contributed by atoms with van der Waals surface area (Å²) < 4.78 is 7.29. The lowest BCUT2D eigenvalue weighted by Gasteiger charge is -2.47. The van der Waals surface area contributed by atoms with Crippen molar-refractivity contribution >= 4 is 68.4 Å². The molecule has 0 N–H and O–H groups in total. The highest BCUT2D eigenvalue weighted by atomic mass is 16.3. The van der Waals surface area contributed by atoms with Gasteiger partial charge in [-0.2, -0.15) is 0 Å². The second-order valence-corrected chi connectivity index (χ2v) is 19.3. The summed E-state index contributed by atoms with van der Waals surface area (Å²) in [4.78, 5) is 5.14. The van der Waals surface area contributed by atoms with Crippen molar-refractivity contribution < 1.29 is 4.42 Å². The van der Waals surface area contributed by atoms with E-state index >= 15 is 0 Å². The minimum Gasteiger partial charge on any atom is -0.468 e. The first-order chi connectivity index (χ1) is 27.8. The molecule has 1 aromatic heterocycles. The second-order valence-electron chi connectivity index (χ2n) is 19.3. The standard InChI is InChI=1S/C54H55BN2O/c1-10-35-21-26-48-40(31-35)50-51(58-48)55-43-32-42-41(53(7,8)27-28-54(42,9)11-2)33-45(43)57(44-20-16-15-19-39(44)36-17-13-12-14-18-36)47-30-34(3)29-46(49(47)55)56(50)38-24-22-37(23-25-38)52(4,5)6/h12-26,29-33H,10-11,27-28H2,1-9H3. The third kappa shape index (κ3) is 5.47. The van der Waals surface area contributed by atoms with E-state index in [4.69, 9.17) is 4.42 Å². The minimum atomic E-state index is -0.0882. The molecule has 0 fully saturated rings. The van der Waals surface area contributed by atoms with Gasteiger partial charge in [0.05, 0.1) is 17.0 Å². The Morgan fingerprint density at radius 1 is 0.690 bits per heavy atom. The van der Waals surface area contributed by atoms with Gasteiger partial charge in [-0.3, -0.25) is 0 Å². The number of benzene rings is 6. The van der Waals surface area contributed by atoms with Crippen molar-refractivity contribution in [3.63, 3.8) is 0 Å². The Morgan fingerprint density at radius 2 is 1.40 bits per heavy atom. The Morgan fingerprint density at radius 3 is 2.10 bits per heavy atom. The highest BCUT2D eigenvalue weighted by Gasteiger charge is 2.49. The van der Waals surface area contributed by atoms with Gasteiger partial charge in [0.25, 0.3) is 6.71 Å². The smallest absolute Gasteiger partial charge is 0.297 e. The van der Waals surface area contributed by atoms with Crippen LogP contribution in [0.1, 0.15) is 102 Å². The van der Waals surface area contributed by atoms with E-state index in [2.05, 4.69) is 193 Å². The third-order valence-corrected chi connectivity index (χ3v) is 14.1. The highest BCUT2D eigenvalue weighted by Crippen LogP contribution is 2.53. The van der Waals surface area contributed by atoms with Crippen LogP contribution in [0.15, 0.2) is 126 Å². The number of para-hydroxylation sites is 1. The molecule has 0 saturated heterocycles. The summed E-state index contributed by atoms with van der Waals surface area (Å²) in [7, 11) is 0. The Labute approximate surface area is 345 Å².